The summed E-state index contributed by atoms with van der Waals surface area (Å²) in [5, 5.41) is 0.673. The van der Waals surface area contributed by atoms with Crippen LogP contribution in [0.5, 0.6) is 5.75 Å². The molecular weight excluding hydrogens is 370 g/mol. The molecule has 0 unspecified atom stereocenters. The molecule has 0 atom stereocenters. The lowest BCUT2D eigenvalue weighted by Gasteiger charge is -2.08. The number of carbonyl (C=O) groups excluding carboxylic acids is 1. The first-order valence-corrected chi connectivity index (χ1v) is 7.08. The summed E-state index contributed by atoms with van der Waals surface area (Å²) < 4.78 is 19.3. The molecule has 0 spiro atoms. The van der Waals surface area contributed by atoms with E-state index in [1.165, 1.54) is 24.3 Å². The maximum atomic E-state index is 13.5. The molecule has 0 radical (unpaired) electrons. The van der Waals surface area contributed by atoms with E-state index in [1.807, 2.05) is 0 Å². The molecule has 0 aromatic heterocycles. The van der Waals surface area contributed by atoms with Crippen molar-refractivity contribution in [1.29, 1.82) is 0 Å². The van der Waals surface area contributed by atoms with Crippen molar-refractivity contribution in [3.8, 4) is 5.75 Å². The Morgan fingerprint density at radius 1 is 1.20 bits per heavy atom. The number of rotatable bonds is 4. The number of ketones is 1. The molecule has 6 heteroatoms. The molecule has 0 aliphatic carbocycles. The molecule has 2 nitrogen and oxygen atoms in total. The first-order chi connectivity index (χ1) is 9.47. The van der Waals surface area contributed by atoms with Crippen LogP contribution in [-0.2, 0) is 0 Å². The summed E-state index contributed by atoms with van der Waals surface area (Å²) in [5.74, 6) is -0.896. The van der Waals surface area contributed by atoms with Crippen LogP contribution in [0.25, 0.3) is 0 Å². The lowest BCUT2D eigenvalue weighted by Crippen LogP contribution is -2.12. The first-order valence-electron chi connectivity index (χ1n) is 5.53. The number of Topliss-reactive ketones (excluding diaryl/α,β-unsaturated/α-hetero) is 1. The quantitative estimate of drug-likeness (QED) is 0.688. The standard InChI is InChI=1S/C14H8BrCl2FO2/c15-8-1-4-12(18)14(5-8)20-7-13(19)10-3-2-9(16)6-11(10)17/h1-6H,7H2. The van der Waals surface area contributed by atoms with Crippen LogP contribution in [0.15, 0.2) is 40.9 Å². The van der Waals surface area contributed by atoms with E-state index in [-0.39, 0.29) is 28.7 Å². The van der Waals surface area contributed by atoms with Crippen LogP contribution in [0.4, 0.5) is 4.39 Å². The monoisotopic (exact) mass is 376 g/mol. The number of halogens is 4. The maximum Gasteiger partial charge on any atom is 0.201 e. The van der Waals surface area contributed by atoms with E-state index >= 15 is 0 Å². The van der Waals surface area contributed by atoms with Crippen molar-refractivity contribution in [1.82, 2.24) is 0 Å². The molecule has 2 rings (SSSR count). The van der Waals surface area contributed by atoms with Gasteiger partial charge in [-0.15, -0.1) is 0 Å². The number of benzene rings is 2. The van der Waals surface area contributed by atoms with Crippen LogP contribution in [0, 0.1) is 5.82 Å². The van der Waals surface area contributed by atoms with E-state index in [2.05, 4.69) is 15.9 Å². The minimum Gasteiger partial charge on any atom is -0.482 e. The minimum absolute atomic E-state index is 0.00203. The fourth-order valence-corrected chi connectivity index (χ4v) is 2.38. The van der Waals surface area contributed by atoms with E-state index in [0.29, 0.717) is 9.50 Å². The van der Waals surface area contributed by atoms with Crippen molar-refractivity contribution in [2.45, 2.75) is 0 Å². The average Bonchev–Trinajstić information content (AvgIpc) is 2.39. The Hall–Kier alpha value is -1.10. The van der Waals surface area contributed by atoms with Crippen LogP contribution in [0.3, 0.4) is 0 Å². The molecule has 104 valence electrons. The Morgan fingerprint density at radius 3 is 2.65 bits per heavy atom. The molecule has 0 saturated heterocycles. The number of hydrogen-bond acceptors (Lipinski definition) is 2. The number of hydrogen-bond donors (Lipinski definition) is 0. The second-order valence-corrected chi connectivity index (χ2v) is 5.67. The summed E-state index contributed by atoms with van der Waals surface area (Å²) in [6.45, 7) is -0.311. The predicted octanol–water partition coefficient (Wildman–Crippen LogP) is 5.16. The third-order valence-corrected chi connectivity index (χ3v) is 3.52. The topological polar surface area (TPSA) is 26.3 Å². The molecule has 20 heavy (non-hydrogen) atoms. The van der Waals surface area contributed by atoms with E-state index in [0.717, 1.165) is 0 Å². The van der Waals surface area contributed by atoms with Gasteiger partial charge in [-0.25, -0.2) is 4.39 Å². The first kappa shape index (κ1) is 15.3. The van der Waals surface area contributed by atoms with Gasteiger partial charge >= 0.3 is 0 Å². The second-order valence-electron chi connectivity index (χ2n) is 3.91. The molecule has 0 fully saturated rings. The van der Waals surface area contributed by atoms with E-state index in [1.54, 1.807) is 12.1 Å². The van der Waals surface area contributed by atoms with E-state index in [4.69, 9.17) is 27.9 Å². The fraction of sp³-hybridized carbons (Fsp3) is 0.0714. The molecule has 2 aromatic carbocycles. The average molecular weight is 378 g/mol. The molecule has 0 bridgehead atoms. The fourth-order valence-electron chi connectivity index (χ4n) is 1.52. The molecular formula is C14H8BrCl2FO2. The van der Waals surface area contributed by atoms with Gasteiger partial charge in [0.25, 0.3) is 0 Å². The normalized spacial score (nSPS) is 10.4. The minimum atomic E-state index is -0.539. The Kier molecular flexibility index (Phi) is 5.02. The van der Waals surface area contributed by atoms with E-state index < -0.39 is 5.82 Å². The summed E-state index contributed by atoms with van der Waals surface area (Å²) in [4.78, 5) is 12.0. The van der Waals surface area contributed by atoms with Gasteiger partial charge < -0.3 is 4.74 Å². The molecule has 0 saturated carbocycles. The van der Waals surface area contributed by atoms with Gasteiger partial charge in [0.1, 0.15) is 0 Å². The highest BCUT2D eigenvalue weighted by molar-refractivity contribution is 9.10. The highest BCUT2D eigenvalue weighted by Crippen LogP contribution is 2.24. The Bertz CT molecular complexity index is 662. The molecule has 0 aliphatic heterocycles. The van der Waals surface area contributed by atoms with Crippen LogP contribution in [0.2, 0.25) is 10.0 Å². The molecule has 2 aromatic rings. The lowest BCUT2D eigenvalue weighted by molar-refractivity contribution is 0.0919. The Morgan fingerprint density at radius 2 is 1.95 bits per heavy atom. The third-order valence-electron chi connectivity index (χ3n) is 2.48. The zero-order valence-electron chi connectivity index (χ0n) is 10.00. The lowest BCUT2D eigenvalue weighted by atomic mass is 10.1. The van der Waals surface area contributed by atoms with Gasteiger partial charge in [0.2, 0.25) is 5.78 Å². The van der Waals surface area contributed by atoms with Crippen molar-refractivity contribution in [3.05, 3.63) is 62.3 Å². The van der Waals surface area contributed by atoms with Crippen LogP contribution < -0.4 is 4.74 Å². The van der Waals surface area contributed by atoms with Crippen LogP contribution in [0.1, 0.15) is 10.4 Å². The molecule has 0 N–H and O–H groups in total. The van der Waals surface area contributed by atoms with Gasteiger partial charge in [-0.2, -0.15) is 0 Å². The van der Waals surface area contributed by atoms with Crippen molar-refractivity contribution in [2.24, 2.45) is 0 Å². The smallest absolute Gasteiger partial charge is 0.201 e. The van der Waals surface area contributed by atoms with Crippen molar-refractivity contribution in [3.63, 3.8) is 0 Å². The van der Waals surface area contributed by atoms with Gasteiger partial charge in [-0.1, -0.05) is 39.1 Å². The predicted molar refractivity (Wildman–Crippen MR) is 80.4 cm³/mol. The summed E-state index contributed by atoms with van der Waals surface area (Å²) in [6, 6.07) is 8.77. The second kappa shape index (κ2) is 6.57. The summed E-state index contributed by atoms with van der Waals surface area (Å²) in [5.41, 5.74) is 0.284. The van der Waals surface area contributed by atoms with Gasteiger partial charge in [-0.3, -0.25) is 4.79 Å². The molecule has 0 aliphatic rings. The highest BCUT2D eigenvalue weighted by atomic mass is 79.9. The Balaban J connectivity index is 2.10. The molecule has 0 amide bonds. The van der Waals surface area contributed by atoms with Crippen LogP contribution >= 0.6 is 39.1 Å². The van der Waals surface area contributed by atoms with Gasteiger partial charge in [-0.05, 0) is 36.4 Å². The Labute approximate surface area is 133 Å². The third kappa shape index (κ3) is 3.72. The van der Waals surface area contributed by atoms with E-state index in [9.17, 15) is 9.18 Å². The zero-order valence-corrected chi connectivity index (χ0v) is 13.1. The molecule has 0 heterocycles. The number of carbonyl (C=O) groups is 1. The van der Waals surface area contributed by atoms with Gasteiger partial charge in [0, 0.05) is 15.1 Å². The summed E-state index contributed by atoms with van der Waals surface area (Å²) >= 11 is 14.9. The zero-order chi connectivity index (χ0) is 14.7. The van der Waals surface area contributed by atoms with Gasteiger partial charge in [0.05, 0.1) is 5.02 Å². The largest absolute Gasteiger partial charge is 0.482 e. The highest BCUT2D eigenvalue weighted by Gasteiger charge is 2.13. The SMILES string of the molecule is O=C(COc1cc(Br)ccc1F)c1ccc(Cl)cc1Cl. The maximum absolute atomic E-state index is 13.5. The van der Waals surface area contributed by atoms with Crippen molar-refractivity contribution >= 4 is 44.9 Å². The number of ether oxygens (including phenoxy) is 1. The van der Waals surface area contributed by atoms with Crippen molar-refractivity contribution in [2.75, 3.05) is 6.61 Å². The summed E-state index contributed by atoms with van der Waals surface area (Å²) in [6.07, 6.45) is 0. The van der Waals surface area contributed by atoms with Crippen LogP contribution in [-0.4, -0.2) is 12.4 Å². The van der Waals surface area contributed by atoms with Gasteiger partial charge in [0.15, 0.2) is 18.2 Å². The van der Waals surface area contributed by atoms with Crippen molar-refractivity contribution < 1.29 is 13.9 Å². The summed E-state index contributed by atoms with van der Waals surface area (Å²) in [7, 11) is 0.